The van der Waals surface area contributed by atoms with Gasteiger partial charge in [0.1, 0.15) is 19.0 Å². The molecule has 0 aliphatic heterocycles. The number of amides is 1. The highest BCUT2D eigenvalue weighted by Crippen LogP contribution is 2.24. The second-order valence-corrected chi connectivity index (χ2v) is 5.63. The Labute approximate surface area is 144 Å². The van der Waals surface area contributed by atoms with E-state index in [0.717, 1.165) is 16.8 Å². The molecule has 0 radical (unpaired) electrons. The fraction of sp³-hybridized carbons (Fsp3) is 0.294. The van der Waals surface area contributed by atoms with Gasteiger partial charge >= 0.3 is 0 Å². The van der Waals surface area contributed by atoms with Gasteiger partial charge in [0.2, 0.25) is 0 Å². The maximum Gasteiger partial charge on any atom is 0.252 e. The number of nitrogens with one attached hydrogen (secondary N) is 1. The van der Waals surface area contributed by atoms with Crippen LogP contribution in [0.2, 0.25) is 0 Å². The van der Waals surface area contributed by atoms with Crippen LogP contribution in [0.15, 0.2) is 34.9 Å². The molecule has 130 valence electrons. The third-order valence-corrected chi connectivity index (χ3v) is 3.60. The lowest BCUT2D eigenvalue weighted by atomic mass is 10.1. The molecule has 0 unspecified atom stereocenters. The van der Waals surface area contributed by atoms with E-state index in [2.05, 4.69) is 20.6 Å². The molecule has 2 heterocycles. The van der Waals surface area contributed by atoms with Gasteiger partial charge in [0, 0.05) is 18.7 Å². The molecule has 0 aliphatic rings. The maximum absolute atomic E-state index is 12.0. The molecule has 0 saturated carbocycles. The van der Waals surface area contributed by atoms with Gasteiger partial charge in [-0.3, -0.25) is 9.48 Å². The van der Waals surface area contributed by atoms with Crippen LogP contribution in [0.5, 0.6) is 0 Å². The Morgan fingerprint density at radius 3 is 2.84 bits per heavy atom. The lowest BCUT2D eigenvalue weighted by Gasteiger charge is -2.04. The van der Waals surface area contributed by atoms with Crippen LogP contribution in [-0.2, 0) is 23.2 Å². The summed E-state index contributed by atoms with van der Waals surface area (Å²) in [4.78, 5) is 16.0. The lowest BCUT2D eigenvalue weighted by molar-refractivity contribution is -0.121. The van der Waals surface area contributed by atoms with Gasteiger partial charge in [0.05, 0.1) is 5.69 Å². The van der Waals surface area contributed by atoms with Crippen LogP contribution in [0.3, 0.4) is 0 Å². The van der Waals surface area contributed by atoms with Crippen molar-refractivity contribution in [2.75, 3.05) is 11.9 Å². The van der Waals surface area contributed by atoms with Gasteiger partial charge in [-0.05, 0) is 19.4 Å². The molecule has 0 atom stereocenters. The first-order valence-electron chi connectivity index (χ1n) is 7.80. The number of carbonyl (C=O) groups is 1. The van der Waals surface area contributed by atoms with E-state index in [9.17, 15) is 4.79 Å². The van der Waals surface area contributed by atoms with Gasteiger partial charge in [0.25, 0.3) is 11.8 Å². The van der Waals surface area contributed by atoms with Crippen molar-refractivity contribution in [3.05, 3.63) is 47.6 Å². The van der Waals surface area contributed by atoms with Crippen molar-refractivity contribution in [3.63, 3.8) is 0 Å². The molecule has 3 rings (SSSR count). The monoisotopic (exact) mass is 341 g/mol. The first-order chi connectivity index (χ1) is 12.0. The summed E-state index contributed by atoms with van der Waals surface area (Å²) in [5, 5.41) is 10.9. The predicted octanol–water partition coefficient (Wildman–Crippen LogP) is 2.24. The standard InChI is InChI=1S/C17H19N5O3/c1-11-6-4-5-7-13(11)14-8-15(22(3)20-14)19-16(23)9-24-10-17-18-12(2)21-25-17/h4-8H,9-10H2,1-3H3,(H,19,23). The Bertz CT molecular complexity index is 884. The molecule has 1 aromatic carbocycles. The molecule has 0 spiro atoms. The number of carbonyl (C=O) groups excluding carboxylic acids is 1. The fourth-order valence-electron chi connectivity index (χ4n) is 2.38. The van der Waals surface area contributed by atoms with E-state index in [4.69, 9.17) is 9.26 Å². The van der Waals surface area contributed by atoms with Crippen molar-refractivity contribution in [2.24, 2.45) is 7.05 Å². The highest BCUT2D eigenvalue weighted by atomic mass is 16.5. The molecule has 3 aromatic rings. The number of benzene rings is 1. The summed E-state index contributed by atoms with van der Waals surface area (Å²) in [6, 6.07) is 9.80. The van der Waals surface area contributed by atoms with Crippen molar-refractivity contribution in [1.82, 2.24) is 19.9 Å². The summed E-state index contributed by atoms with van der Waals surface area (Å²) in [5.41, 5.74) is 2.96. The Kier molecular flexibility index (Phi) is 4.90. The fourth-order valence-corrected chi connectivity index (χ4v) is 2.38. The summed E-state index contributed by atoms with van der Waals surface area (Å²) in [6.45, 7) is 3.71. The lowest BCUT2D eigenvalue weighted by Crippen LogP contribution is -2.19. The number of ether oxygens (including phenoxy) is 1. The molecule has 0 saturated heterocycles. The van der Waals surface area contributed by atoms with Crippen LogP contribution < -0.4 is 5.32 Å². The van der Waals surface area contributed by atoms with Gasteiger partial charge in [0.15, 0.2) is 5.82 Å². The summed E-state index contributed by atoms with van der Waals surface area (Å²) < 4.78 is 11.8. The molecule has 25 heavy (non-hydrogen) atoms. The molecular weight excluding hydrogens is 322 g/mol. The number of aromatic nitrogens is 4. The average molecular weight is 341 g/mol. The largest absolute Gasteiger partial charge is 0.362 e. The molecule has 8 heteroatoms. The smallest absolute Gasteiger partial charge is 0.252 e. The Morgan fingerprint density at radius 1 is 1.32 bits per heavy atom. The molecule has 0 fully saturated rings. The van der Waals surface area contributed by atoms with E-state index in [1.54, 1.807) is 18.7 Å². The second-order valence-electron chi connectivity index (χ2n) is 5.63. The normalized spacial score (nSPS) is 10.8. The quantitative estimate of drug-likeness (QED) is 0.739. The van der Waals surface area contributed by atoms with E-state index in [-0.39, 0.29) is 19.1 Å². The molecular formula is C17H19N5O3. The van der Waals surface area contributed by atoms with E-state index in [1.807, 2.05) is 37.3 Å². The molecule has 0 aliphatic carbocycles. The Morgan fingerprint density at radius 2 is 2.12 bits per heavy atom. The number of rotatable bonds is 6. The first kappa shape index (κ1) is 16.8. The minimum absolute atomic E-state index is 0.0914. The van der Waals surface area contributed by atoms with Gasteiger partial charge < -0.3 is 14.6 Å². The average Bonchev–Trinajstić information content (AvgIpc) is 3.14. The van der Waals surface area contributed by atoms with Crippen molar-refractivity contribution in [1.29, 1.82) is 0 Å². The molecule has 1 amide bonds. The van der Waals surface area contributed by atoms with E-state index >= 15 is 0 Å². The predicted molar refractivity (Wildman–Crippen MR) is 90.7 cm³/mol. The van der Waals surface area contributed by atoms with Crippen LogP contribution in [-0.4, -0.2) is 32.4 Å². The number of hydrogen-bond acceptors (Lipinski definition) is 6. The highest BCUT2D eigenvalue weighted by molar-refractivity contribution is 5.91. The summed E-state index contributed by atoms with van der Waals surface area (Å²) in [5.74, 6) is 1.19. The number of nitrogens with zero attached hydrogens (tertiary/aromatic N) is 4. The number of anilines is 1. The SMILES string of the molecule is Cc1noc(COCC(=O)Nc2cc(-c3ccccc3C)nn2C)n1. The third-order valence-electron chi connectivity index (χ3n) is 3.60. The van der Waals surface area contributed by atoms with Gasteiger partial charge in [-0.2, -0.15) is 10.1 Å². The van der Waals surface area contributed by atoms with E-state index in [0.29, 0.717) is 17.5 Å². The molecule has 1 N–H and O–H groups in total. The van der Waals surface area contributed by atoms with Crippen molar-refractivity contribution in [3.8, 4) is 11.3 Å². The topological polar surface area (TPSA) is 95.1 Å². The van der Waals surface area contributed by atoms with Gasteiger partial charge in [-0.1, -0.05) is 29.4 Å². The molecule has 8 nitrogen and oxygen atoms in total. The van der Waals surface area contributed by atoms with E-state index in [1.165, 1.54) is 0 Å². The zero-order valence-electron chi connectivity index (χ0n) is 14.3. The van der Waals surface area contributed by atoms with Crippen LogP contribution in [0.25, 0.3) is 11.3 Å². The number of hydrogen-bond donors (Lipinski definition) is 1. The van der Waals surface area contributed by atoms with Gasteiger partial charge in [-0.25, -0.2) is 0 Å². The van der Waals surface area contributed by atoms with Crippen LogP contribution in [0.4, 0.5) is 5.82 Å². The van der Waals surface area contributed by atoms with Crippen molar-refractivity contribution < 1.29 is 14.1 Å². The first-order valence-corrected chi connectivity index (χ1v) is 7.80. The maximum atomic E-state index is 12.0. The van der Waals surface area contributed by atoms with Crippen molar-refractivity contribution in [2.45, 2.75) is 20.5 Å². The minimum Gasteiger partial charge on any atom is -0.362 e. The van der Waals surface area contributed by atoms with E-state index < -0.39 is 0 Å². The molecule has 0 bridgehead atoms. The zero-order valence-corrected chi connectivity index (χ0v) is 14.3. The second kappa shape index (κ2) is 7.27. The minimum atomic E-state index is -0.282. The Balaban J connectivity index is 1.59. The molecule has 2 aromatic heterocycles. The zero-order chi connectivity index (χ0) is 17.8. The van der Waals surface area contributed by atoms with Gasteiger partial charge in [-0.15, -0.1) is 0 Å². The van der Waals surface area contributed by atoms with Crippen LogP contribution in [0, 0.1) is 13.8 Å². The van der Waals surface area contributed by atoms with Crippen LogP contribution in [0.1, 0.15) is 17.3 Å². The highest BCUT2D eigenvalue weighted by Gasteiger charge is 2.12. The third kappa shape index (κ3) is 4.10. The number of aryl methyl sites for hydroxylation is 3. The summed E-state index contributed by atoms with van der Waals surface area (Å²) in [6.07, 6.45) is 0. The van der Waals surface area contributed by atoms with Crippen LogP contribution >= 0.6 is 0 Å². The summed E-state index contributed by atoms with van der Waals surface area (Å²) >= 11 is 0. The van der Waals surface area contributed by atoms with Crippen molar-refractivity contribution >= 4 is 11.7 Å². The Hall–Kier alpha value is -3.00. The summed E-state index contributed by atoms with van der Waals surface area (Å²) in [7, 11) is 1.78.